The van der Waals surface area contributed by atoms with Crippen LogP contribution in [0.3, 0.4) is 0 Å². The van der Waals surface area contributed by atoms with Crippen LogP contribution in [0.2, 0.25) is 0 Å². The first-order valence-electron chi connectivity index (χ1n) is 5.83. The van der Waals surface area contributed by atoms with Crippen LogP contribution in [0, 0.1) is 0 Å². The number of fused-ring (bicyclic) bond motifs is 1. The molecule has 1 heterocycles. The van der Waals surface area contributed by atoms with E-state index in [1.165, 1.54) is 29.5 Å². The number of amides is 1. The number of hydrogen-bond acceptors (Lipinski definition) is 2. The molecule has 1 aliphatic heterocycles. The lowest BCUT2D eigenvalue weighted by Gasteiger charge is -2.09. The Bertz CT molecular complexity index is 424. The second kappa shape index (κ2) is 3.91. The molecule has 0 radical (unpaired) electrons. The summed E-state index contributed by atoms with van der Waals surface area (Å²) in [5.74, 6) is 0.0237. The first-order valence-corrected chi connectivity index (χ1v) is 5.83. The summed E-state index contributed by atoms with van der Waals surface area (Å²) in [4.78, 5) is 11.4. The smallest absolute Gasteiger partial charge is 0.251 e. The monoisotopic (exact) mass is 217 g/mol. The number of aryl methyl sites for hydroxylation is 1. The lowest BCUT2D eigenvalue weighted by Crippen LogP contribution is -2.27. The highest BCUT2D eigenvalue weighted by molar-refractivity contribution is 5.82. The van der Waals surface area contributed by atoms with Crippen LogP contribution < -0.4 is 5.32 Å². The van der Waals surface area contributed by atoms with Gasteiger partial charge in [0.05, 0.1) is 6.61 Å². The molecular formula is C13H15NO2. The predicted octanol–water partition coefficient (Wildman–Crippen LogP) is 1.19. The molecule has 0 spiro atoms. The summed E-state index contributed by atoms with van der Waals surface area (Å²) in [5, 5.41) is 2.93. The summed E-state index contributed by atoms with van der Waals surface area (Å²) >= 11 is 0. The molecule has 1 saturated heterocycles. The lowest BCUT2D eigenvalue weighted by atomic mass is 10.0. The maximum atomic E-state index is 11.4. The minimum atomic E-state index is -0.184. The largest absolute Gasteiger partial charge is 0.363 e. The van der Waals surface area contributed by atoms with Crippen molar-refractivity contribution in [1.29, 1.82) is 0 Å². The maximum absolute atomic E-state index is 11.4. The molecule has 2 aliphatic rings. The number of carbonyl (C=O) groups excluding carboxylic acids is 1. The molecule has 3 nitrogen and oxygen atoms in total. The van der Waals surface area contributed by atoms with Gasteiger partial charge in [-0.1, -0.05) is 18.2 Å². The van der Waals surface area contributed by atoms with Gasteiger partial charge in [-0.25, -0.2) is 0 Å². The second-order valence-electron chi connectivity index (χ2n) is 4.45. The molecule has 1 aliphatic carbocycles. The normalized spacial score (nSPS) is 21.6. The van der Waals surface area contributed by atoms with E-state index in [2.05, 4.69) is 23.5 Å². The lowest BCUT2D eigenvalue weighted by molar-refractivity contribution is -0.122. The first kappa shape index (κ1) is 9.85. The van der Waals surface area contributed by atoms with E-state index in [0.717, 1.165) is 6.42 Å². The third-order valence-electron chi connectivity index (χ3n) is 3.32. The summed E-state index contributed by atoms with van der Waals surface area (Å²) < 4.78 is 4.94. The Kier molecular flexibility index (Phi) is 2.40. The van der Waals surface area contributed by atoms with Crippen LogP contribution in [-0.2, 0) is 28.9 Å². The Morgan fingerprint density at radius 1 is 1.44 bits per heavy atom. The number of benzene rings is 1. The third-order valence-corrected chi connectivity index (χ3v) is 3.32. The van der Waals surface area contributed by atoms with Gasteiger partial charge in [0.1, 0.15) is 0 Å². The van der Waals surface area contributed by atoms with Crippen molar-refractivity contribution in [2.45, 2.75) is 31.9 Å². The second-order valence-corrected chi connectivity index (χ2v) is 4.45. The van der Waals surface area contributed by atoms with E-state index < -0.39 is 0 Å². The summed E-state index contributed by atoms with van der Waals surface area (Å²) in [5.41, 5.74) is 4.16. The van der Waals surface area contributed by atoms with Crippen molar-refractivity contribution in [3.05, 3.63) is 34.9 Å². The van der Waals surface area contributed by atoms with Gasteiger partial charge >= 0.3 is 0 Å². The average molecular weight is 217 g/mol. The van der Waals surface area contributed by atoms with Gasteiger partial charge in [-0.3, -0.25) is 4.79 Å². The Balaban J connectivity index is 1.70. The van der Waals surface area contributed by atoms with Crippen molar-refractivity contribution in [3.63, 3.8) is 0 Å². The maximum Gasteiger partial charge on any atom is 0.251 e. The molecule has 1 unspecified atom stereocenters. The quantitative estimate of drug-likeness (QED) is 0.773. The zero-order valence-corrected chi connectivity index (χ0v) is 9.16. The van der Waals surface area contributed by atoms with Gasteiger partial charge in [-0.2, -0.15) is 0 Å². The van der Waals surface area contributed by atoms with Crippen LogP contribution in [0.1, 0.15) is 23.1 Å². The van der Waals surface area contributed by atoms with Crippen molar-refractivity contribution >= 4 is 5.91 Å². The Hall–Kier alpha value is -1.35. The predicted molar refractivity (Wildman–Crippen MR) is 60.1 cm³/mol. The minimum absolute atomic E-state index is 0.0237. The Labute approximate surface area is 94.8 Å². The molecule has 84 valence electrons. The number of nitrogens with one attached hydrogen (secondary N) is 1. The zero-order valence-electron chi connectivity index (χ0n) is 9.16. The van der Waals surface area contributed by atoms with E-state index in [9.17, 15) is 4.79 Å². The van der Waals surface area contributed by atoms with Gasteiger partial charge in [-0.05, 0) is 36.0 Å². The fraction of sp³-hybridized carbons (Fsp3) is 0.462. The Morgan fingerprint density at radius 3 is 3.12 bits per heavy atom. The van der Waals surface area contributed by atoms with Crippen LogP contribution in [0.5, 0.6) is 0 Å². The van der Waals surface area contributed by atoms with Crippen molar-refractivity contribution in [3.8, 4) is 0 Å². The summed E-state index contributed by atoms with van der Waals surface area (Å²) in [6.07, 6.45) is 3.40. The number of epoxide rings is 1. The molecule has 0 aromatic heterocycles. The zero-order chi connectivity index (χ0) is 11.0. The van der Waals surface area contributed by atoms with Crippen molar-refractivity contribution in [2.75, 3.05) is 6.61 Å². The standard InChI is InChI=1S/C13H15NO2/c15-13(12-8-16-12)14-7-10-5-1-3-9-4-2-6-11(9)10/h1,3,5,12H,2,4,6-8H2,(H,14,15). The van der Waals surface area contributed by atoms with E-state index in [1.807, 2.05) is 0 Å². The number of hydrogen-bond donors (Lipinski definition) is 1. The van der Waals surface area contributed by atoms with E-state index in [4.69, 9.17) is 4.74 Å². The van der Waals surface area contributed by atoms with Gasteiger partial charge in [-0.15, -0.1) is 0 Å². The summed E-state index contributed by atoms with van der Waals surface area (Å²) in [7, 11) is 0. The van der Waals surface area contributed by atoms with E-state index in [-0.39, 0.29) is 12.0 Å². The van der Waals surface area contributed by atoms with E-state index in [0.29, 0.717) is 13.2 Å². The average Bonchev–Trinajstić information content (AvgIpc) is 3.04. The summed E-state index contributed by atoms with van der Waals surface area (Å²) in [6.45, 7) is 1.22. The molecule has 16 heavy (non-hydrogen) atoms. The minimum Gasteiger partial charge on any atom is -0.363 e. The number of ether oxygens (including phenoxy) is 1. The molecule has 1 fully saturated rings. The highest BCUT2D eigenvalue weighted by Crippen LogP contribution is 2.25. The van der Waals surface area contributed by atoms with E-state index in [1.54, 1.807) is 0 Å². The fourth-order valence-corrected chi connectivity index (χ4v) is 2.36. The highest BCUT2D eigenvalue weighted by Gasteiger charge is 2.30. The van der Waals surface area contributed by atoms with Crippen LogP contribution >= 0.6 is 0 Å². The topological polar surface area (TPSA) is 41.6 Å². The van der Waals surface area contributed by atoms with Crippen molar-refractivity contribution < 1.29 is 9.53 Å². The molecule has 0 bridgehead atoms. The molecule has 3 rings (SSSR count). The van der Waals surface area contributed by atoms with Crippen LogP contribution in [0.15, 0.2) is 18.2 Å². The molecular weight excluding hydrogens is 202 g/mol. The van der Waals surface area contributed by atoms with Crippen LogP contribution in [0.4, 0.5) is 0 Å². The molecule has 0 saturated carbocycles. The molecule has 1 aromatic rings. The highest BCUT2D eigenvalue weighted by atomic mass is 16.6. The number of carbonyl (C=O) groups is 1. The molecule has 1 aromatic carbocycles. The molecule has 1 amide bonds. The van der Waals surface area contributed by atoms with Crippen molar-refractivity contribution in [2.24, 2.45) is 0 Å². The number of rotatable bonds is 3. The van der Waals surface area contributed by atoms with Gasteiger partial charge < -0.3 is 10.1 Å². The summed E-state index contributed by atoms with van der Waals surface area (Å²) in [6, 6.07) is 6.38. The van der Waals surface area contributed by atoms with Gasteiger partial charge in [0, 0.05) is 6.54 Å². The SMILES string of the molecule is O=C(NCc1cccc2c1CCC2)C1CO1. The molecule has 1 N–H and O–H groups in total. The molecule has 3 heteroatoms. The van der Waals surface area contributed by atoms with Crippen LogP contribution in [-0.4, -0.2) is 18.6 Å². The Morgan fingerprint density at radius 2 is 2.31 bits per heavy atom. The van der Waals surface area contributed by atoms with E-state index >= 15 is 0 Å². The first-order chi connectivity index (χ1) is 7.84. The van der Waals surface area contributed by atoms with Gasteiger partial charge in [0.15, 0.2) is 6.10 Å². The molecule has 1 atom stereocenters. The van der Waals surface area contributed by atoms with Crippen molar-refractivity contribution in [1.82, 2.24) is 5.32 Å². The van der Waals surface area contributed by atoms with Gasteiger partial charge in [0.25, 0.3) is 5.91 Å². The van der Waals surface area contributed by atoms with Gasteiger partial charge in [0.2, 0.25) is 0 Å². The van der Waals surface area contributed by atoms with Crippen LogP contribution in [0.25, 0.3) is 0 Å². The fourth-order valence-electron chi connectivity index (χ4n) is 2.36. The third kappa shape index (κ3) is 1.83.